The maximum atomic E-state index is 13.2. The molecule has 4 aliphatic carbocycles. The van der Waals surface area contributed by atoms with Gasteiger partial charge in [0.05, 0.1) is 12.7 Å². The quantitative estimate of drug-likeness (QED) is 0.397. The SMILES string of the molecule is C[C@H]1CC[C@@]2(OC1)O[C@H]1C[C@H]3[C@@H]4CC[C@@H]5C[C@@H](NC(=O)CC(=O)N6CCN(C7CCN(C)CC7)CC6)CC[C@]5(C)C4CC[C@]3(C)[C@H]1[C@@H]2C. The van der Waals surface area contributed by atoms with Crippen LogP contribution >= 0.6 is 0 Å². The largest absolute Gasteiger partial charge is 0.353 e. The van der Waals surface area contributed by atoms with E-state index in [9.17, 15) is 9.59 Å². The van der Waals surface area contributed by atoms with Gasteiger partial charge < -0.3 is 24.6 Å². The molecule has 8 heteroatoms. The van der Waals surface area contributed by atoms with Crippen molar-refractivity contribution in [2.75, 3.05) is 52.9 Å². The molecule has 0 bridgehead atoms. The number of hydrogen-bond donors (Lipinski definition) is 1. The average Bonchev–Trinajstić information content (AvgIpc) is 3.52. The van der Waals surface area contributed by atoms with Crippen LogP contribution in [0.1, 0.15) is 111 Å². The van der Waals surface area contributed by atoms with Gasteiger partial charge in [0, 0.05) is 50.6 Å². The maximum absolute atomic E-state index is 13.2. The Kier molecular flexibility index (Phi) is 9.02. The first-order chi connectivity index (χ1) is 23.0. The normalized spacial score (nSPS) is 48.4. The summed E-state index contributed by atoms with van der Waals surface area (Å²) in [5.41, 5.74) is 0.727. The lowest BCUT2D eigenvalue weighted by Gasteiger charge is -2.61. The van der Waals surface area contributed by atoms with E-state index in [2.05, 4.69) is 49.9 Å². The van der Waals surface area contributed by atoms with Gasteiger partial charge in [0.2, 0.25) is 11.8 Å². The molecule has 4 saturated heterocycles. The third-order valence-corrected chi connectivity index (χ3v) is 16.5. The molecular weight excluding hydrogens is 600 g/mol. The second kappa shape index (κ2) is 12.8. The smallest absolute Gasteiger partial charge is 0.232 e. The van der Waals surface area contributed by atoms with Crippen molar-refractivity contribution in [1.29, 1.82) is 0 Å². The second-order valence-corrected chi connectivity index (χ2v) is 18.8. The minimum absolute atomic E-state index is 0.00575. The molecule has 270 valence electrons. The zero-order chi connectivity index (χ0) is 33.4. The molecule has 8 nitrogen and oxygen atoms in total. The molecule has 0 aromatic heterocycles. The highest BCUT2D eigenvalue weighted by molar-refractivity contribution is 5.97. The zero-order valence-corrected chi connectivity index (χ0v) is 30.9. The van der Waals surface area contributed by atoms with Crippen LogP contribution in [0.3, 0.4) is 0 Å². The van der Waals surface area contributed by atoms with Gasteiger partial charge in [-0.2, -0.15) is 0 Å². The predicted molar refractivity (Wildman–Crippen MR) is 187 cm³/mol. The van der Waals surface area contributed by atoms with Crippen LogP contribution in [-0.4, -0.2) is 103 Å². The Hall–Kier alpha value is -1.22. The summed E-state index contributed by atoms with van der Waals surface area (Å²) in [6, 6.07) is 0.861. The summed E-state index contributed by atoms with van der Waals surface area (Å²) in [4.78, 5) is 33.3. The van der Waals surface area contributed by atoms with E-state index < -0.39 is 0 Å². The number of piperazine rings is 1. The molecule has 1 spiro atoms. The lowest BCUT2D eigenvalue weighted by molar-refractivity contribution is -0.273. The minimum atomic E-state index is -0.328. The lowest BCUT2D eigenvalue weighted by Crippen LogP contribution is -2.56. The Bertz CT molecular complexity index is 1210. The number of ether oxygens (including phenoxy) is 2. The van der Waals surface area contributed by atoms with E-state index in [0.29, 0.717) is 46.6 Å². The Morgan fingerprint density at radius 3 is 2.29 bits per heavy atom. The van der Waals surface area contributed by atoms with Gasteiger partial charge in [-0.05, 0) is 137 Å². The van der Waals surface area contributed by atoms with Crippen LogP contribution < -0.4 is 5.32 Å². The highest BCUT2D eigenvalue weighted by Gasteiger charge is 2.69. The maximum Gasteiger partial charge on any atom is 0.232 e. The van der Waals surface area contributed by atoms with Gasteiger partial charge in [0.15, 0.2) is 5.79 Å². The van der Waals surface area contributed by atoms with Gasteiger partial charge in [0.25, 0.3) is 0 Å². The summed E-state index contributed by atoms with van der Waals surface area (Å²) in [5, 5.41) is 3.35. The summed E-state index contributed by atoms with van der Waals surface area (Å²) < 4.78 is 13.5. The number of carbonyl (C=O) groups excluding carboxylic acids is 2. The third kappa shape index (κ3) is 5.69. The highest BCUT2D eigenvalue weighted by Crippen LogP contribution is 2.71. The van der Waals surface area contributed by atoms with Crippen LogP contribution in [0.4, 0.5) is 0 Å². The Morgan fingerprint density at radius 2 is 1.56 bits per heavy atom. The van der Waals surface area contributed by atoms with Crippen LogP contribution in [0.25, 0.3) is 0 Å². The molecule has 8 aliphatic rings. The highest BCUT2D eigenvalue weighted by atomic mass is 16.7. The van der Waals surface area contributed by atoms with Crippen molar-refractivity contribution in [2.24, 2.45) is 52.3 Å². The molecule has 1 N–H and O–H groups in total. The summed E-state index contributed by atoms with van der Waals surface area (Å²) in [6.07, 6.45) is 15.0. The number of nitrogens with zero attached hydrogens (tertiary/aromatic N) is 3. The van der Waals surface area contributed by atoms with Crippen molar-refractivity contribution in [1.82, 2.24) is 20.0 Å². The van der Waals surface area contributed by atoms with Gasteiger partial charge >= 0.3 is 0 Å². The number of nitrogens with one attached hydrogen (secondary N) is 1. The number of likely N-dealkylation sites (tertiary alicyclic amines) is 1. The molecule has 1 unspecified atom stereocenters. The number of piperidine rings is 1. The lowest BCUT2D eigenvalue weighted by atomic mass is 9.44. The molecule has 2 amide bonds. The van der Waals surface area contributed by atoms with E-state index in [-0.39, 0.29) is 30.1 Å². The Morgan fingerprint density at radius 1 is 0.812 bits per heavy atom. The third-order valence-electron chi connectivity index (χ3n) is 16.5. The topological polar surface area (TPSA) is 74.3 Å². The van der Waals surface area contributed by atoms with Crippen molar-refractivity contribution in [3.8, 4) is 0 Å². The molecule has 8 fully saturated rings. The van der Waals surface area contributed by atoms with Crippen LogP contribution in [0.15, 0.2) is 0 Å². The molecule has 0 aromatic rings. The summed E-state index contributed by atoms with van der Waals surface area (Å²) in [6.45, 7) is 16.6. The number of fused-ring (bicyclic) bond motifs is 7. The van der Waals surface area contributed by atoms with Gasteiger partial charge in [-0.3, -0.25) is 14.5 Å². The summed E-state index contributed by atoms with van der Waals surface area (Å²) in [5.74, 6) is 4.40. The van der Waals surface area contributed by atoms with Crippen LogP contribution in [0, 0.1) is 52.3 Å². The van der Waals surface area contributed by atoms with Gasteiger partial charge in [-0.1, -0.05) is 27.7 Å². The number of hydrogen-bond acceptors (Lipinski definition) is 6. The Balaban J connectivity index is 0.831. The van der Waals surface area contributed by atoms with Crippen LogP contribution in [0.5, 0.6) is 0 Å². The monoisotopic (exact) mass is 667 g/mol. The molecule has 0 aromatic carbocycles. The zero-order valence-electron chi connectivity index (χ0n) is 30.9. The summed E-state index contributed by atoms with van der Waals surface area (Å²) in [7, 11) is 2.20. The van der Waals surface area contributed by atoms with Crippen LogP contribution in [-0.2, 0) is 19.1 Å². The number of carbonyl (C=O) groups is 2. The van der Waals surface area contributed by atoms with Crippen molar-refractivity contribution >= 4 is 11.8 Å². The molecule has 4 saturated carbocycles. The molecular formula is C40H66N4O4. The average molecular weight is 667 g/mol. The molecule has 48 heavy (non-hydrogen) atoms. The van der Waals surface area contributed by atoms with Gasteiger partial charge in [-0.25, -0.2) is 0 Å². The van der Waals surface area contributed by atoms with E-state index >= 15 is 0 Å². The van der Waals surface area contributed by atoms with Gasteiger partial charge in [-0.15, -0.1) is 0 Å². The van der Waals surface area contributed by atoms with E-state index in [1.165, 1.54) is 57.8 Å². The van der Waals surface area contributed by atoms with Crippen molar-refractivity contribution in [3.05, 3.63) is 0 Å². The van der Waals surface area contributed by atoms with Gasteiger partial charge in [0.1, 0.15) is 6.42 Å². The fourth-order valence-corrected chi connectivity index (χ4v) is 13.6. The fourth-order valence-electron chi connectivity index (χ4n) is 13.6. The van der Waals surface area contributed by atoms with E-state index in [4.69, 9.17) is 9.47 Å². The number of rotatable bonds is 4. The van der Waals surface area contributed by atoms with E-state index in [1.807, 2.05) is 4.90 Å². The molecule has 12 atom stereocenters. The fraction of sp³-hybridized carbons (Fsp3) is 0.950. The van der Waals surface area contributed by atoms with Crippen molar-refractivity contribution in [2.45, 2.75) is 135 Å². The molecule has 8 rings (SSSR count). The van der Waals surface area contributed by atoms with Crippen LogP contribution in [0.2, 0.25) is 0 Å². The van der Waals surface area contributed by atoms with Crippen molar-refractivity contribution in [3.63, 3.8) is 0 Å². The predicted octanol–water partition coefficient (Wildman–Crippen LogP) is 5.55. The molecule has 0 radical (unpaired) electrons. The summed E-state index contributed by atoms with van der Waals surface area (Å²) >= 11 is 0. The molecule has 4 heterocycles. The second-order valence-electron chi connectivity index (χ2n) is 18.8. The molecule has 4 aliphatic heterocycles. The van der Waals surface area contributed by atoms with E-state index in [1.54, 1.807) is 0 Å². The number of amides is 2. The van der Waals surface area contributed by atoms with E-state index in [0.717, 1.165) is 82.9 Å². The minimum Gasteiger partial charge on any atom is -0.353 e. The first kappa shape index (κ1) is 33.9. The Labute approximate surface area is 290 Å². The first-order valence-corrected chi connectivity index (χ1v) is 20.3. The van der Waals surface area contributed by atoms with Crippen molar-refractivity contribution < 1.29 is 19.1 Å². The standard InChI is InChI=1S/C40H66N4O4/c1-26-8-15-40(47-25-26)27(2)37-34(48-40)23-33-31-7-6-28-22-29(9-13-38(28,3)32(31)10-14-39(33,37)4)41-35(45)24-36(46)44-20-18-43(19-21-44)30-11-16-42(5)17-12-30/h26-34,37H,6-25H2,1-5H3,(H,41,45)/t26-,27-,28+,29-,31+,32?,33-,34-,37-,38-,39-,40+/m0/s1. The first-order valence-electron chi connectivity index (χ1n) is 20.3.